The van der Waals surface area contributed by atoms with Gasteiger partial charge in [-0.25, -0.2) is 0 Å². The first-order chi connectivity index (χ1) is 14.5. The summed E-state index contributed by atoms with van der Waals surface area (Å²) in [6.45, 7) is 4.17. The van der Waals surface area contributed by atoms with Gasteiger partial charge < -0.3 is 19.1 Å². The summed E-state index contributed by atoms with van der Waals surface area (Å²) < 4.78 is 16.2. The third kappa shape index (κ3) is 5.58. The van der Waals surface area contributed by atoms with Crippen LogP contribution in [0.2, 0.25) is 5.02 Å². The molecule has 1 fully saturated rings. The maximum Gasteiger partial charge on any atom is 0.227 e. The molecule has 0 atom stereocenters. The largest absolute Gasteiger partial charge is 0.493 e. The average molecular weight is 433 g/mol. The standard InChI is InChI=1S/C23H29ClN2O4/c1-28-20-13-18(14-21(29-2)23(20)30-3)15-22(27)26-10-4-9-25(11-12-26)16-17-5-7-19(24)8-6-17/h5-8,13-14H,4,9-12,15-16H2,1-3H3. The molecule has 1 amide bonds. The van der Waals surface area contributed by atoms with Crippen LogP contribution in [-0.2, 0) is 17.8 Å². The van der Waals surface area contributed by atoms with Crippen molar-refractivity contribution in [1.29, 1.82) is 0 Å². The Bertz CT molecular complexity index is 832. The number of methoxy groups -OCH3 is 3. The van der Waals surface area contributed by atoms with E-state index < -0.39 is 0 Å². The molecule has 1 saturated heterocycles. The quantitative estimate of drug-likeness (QED) is 0.668. The molecule has 1 aliphatic heterocycles. The minimum Gasteiger partial charge on any atom is -0.493 e. The summed E-state index contributed by atoms with van der Waals surface area (Å²) >= 11 is 5.98. The molecular formula is C23H29ClN2O4. The SMILES string of the molecule is COc1cc(CC(=O)N2CCCN(Cc3ccc(Cl)cc3)CC2)cc(OC)c1OC. The monoisotopic (exact) mass is 432 g/mol. The van der Waals surface area contributed by atoms with Crippen molar-refractivity contribution in [3.8, 4) is 17.2 Å². The number of benzene rings is 2. The predicted molar refractivity (Wildman–Crippen MR) is 118 cm³/mol. The Morgan fingerprint density at radius 3 is 2.17 bits per heavy atom. The van der Waals surface area contributed by atoms with Crippen LogP contribution in [0.4, 0.5) is 0 Å². The van der Waals surface area contributed by atoms with Crippen LogP contribution in [0.5, 0.6) is 17.2 Å². The van der Waals surface area contributed by atoms with E-state index in [1.807, 2.05) is 29.2 Å². The van der Waals surface area contributed by atoms with Crippen LogP contribution in [0.25, 0.3) is 0 Å². The zero-order valence-electron chi connectivity index (χ0n) is 17.8. The van der Waals surface area contributed by atoms with E-state index in [1.165, 1.54) is 5.56 Å². The maximum atomic E-state index is 13.0. The van der Waals surface area contributed by atoms with Crippen LogP contribution in [0, 0.1) is 0 Å². The maximum absolute atomic E-state index is 13.0. The van der Waals surface area contributed by atoms with Crippen LogP contribution < -0.4 is 14.2 Å². The van der Waals surface area contributed by atoms with Gasteiger partial charge in [0, 0.05) is 37.7 Å². The Hall–Kier alpha value is -2.44. The number of halogens is 1. The smallest absolute Gasteiger partial charge is 0.227 e. The van der Waals surface area contributed by atoms with Gasteiger partial charge in [-0.2, -0.15) is 0 Å². The van der Waals surface area contributed by atoms with Gasteiger partial charge in [-0.05, 0) is 41.8 Å². The number of ether oxygens (including phenoxy) is 3. The van der Waals surface area contributed by atoms with Crippen molar-refractivity contribution in [2.45, 2.75) is 19.4 Å². The molecule has 0 saturated carbocycles. The van der Waals surface area contributed by atoms with Crippen LogP contribution in [0.3, 0.4) is 0 Å². The molecule has 30 heavy (non-hydrogen) atoms. The van der Waals surface area contributed by atoms with Gasteiger partial charge in [0.05, 0.1) is 27.8 Å². The van der Waals surface area contributed by atoms with E-state index in [1.54, 1.807) is 21.3 Å². The zero-order chi connectivity index (χ0) is 21.5. The highest BCUT2D eigenvalue weighted by Crippen LogP contribution is 2.38. The molecule has 2 aromatic rings. The molecule has 0 bridgehead atoms. The summed E-state index contributed by atoms with van der Waals surface area (Å²) in [6, 6.07) is 11.6. The van der Waals surface area contributed by atoms with Crippen molar-refractivity contribution in [1.82, 2.24) is 9.80 Å². The summed E-state index contributed by atoms with van der Waals surface area (Å²) in [5.74, 6) is 1.76. The van der Waals surface area contributed by atoms with Crippen molar-refractivity contribution >= 4 is 17.5 Å². The van der Waals surface area contributed by atoms with Crippen molar-refractivity contribution in [3.63, 3.8) is 0 Å². The fraction of sp³-hybridized carbons (Fsp3) is 0.435. The Morgan fingerprint density at radius 1 is 0.900 bits per heavy atom. The predicted octanol–water partition coefficient (Wildman–Crippen LogP) is 3.64. The van der Waals surface area contributed by atoms with E-state index in [2.05, 4.69) is 17.0 Å². The average Bonchev–Trinajstić information content (AvgIpc) is 3.00. The molecule has 0 aliphatic carbocycles. The fourth-order valence-electron chi connectivity index (χ4n) is 3.75. The topological polar surface area (TPSA) is 51.2 Å². The normalized spacial score (nSPS) is 14.9. The van der Waals surface area contributed by atoms with Crippen molar-refractivity contribution < 1.29 is 19.0 Å². The molecule has 0 unspecified atom stereocenters. The van der Waals surface area contributed by atoms with Crippen LogP contribution >= 0.6 is 11.6 Å². The minimum absolute atomic E-state index is 0.109. The van der Waals surface area contributed by atoms with E-state index in [9.17, 15) is 4.79 Å². The van der Waals surface area contributed by atoms with E-state index in [0.717, 1.165) is 49.7 Å². The lowest BCUT2D eigenvalue weighted by molar-refractivity contribution is -0.130. The summed E-state index contributed by atoms with van der Waals surface area (Å²) in [6.07, 6.45) is 1.25. The van der Waals surface area contributed by atoms with Gasteiger partial charge in [0.2, 0.25) is 11.7 Å². The van der Waals surface area contributed by atoms with E-state index in [-0.39, 0.29) is 5.91 Å². The molecule has 7 heteroatoms. The van der Waals surface area contributed by atoms with Gasteiger partial charge in [0.15, 0.2) is 11.5 Å². The van der Waals surface area contributed by atoms with Crippen LogP contribution in [-0.4, -0.2) is 63.2 Å². The molecule has 0 spiro atoms. The molecule has 6 nitrogen and oxygen atoms in total. The van der Waals surface area contributed by atoms with Gasteiger partial charge in [-0.1, -0.05) is 23.7 Å². The molecular weight excluding hydrogens is 404 g/mol. The van der Waals surface area contributed by atoms with E-state index in [4.69, 9.17) is 25.8 Å². The lowest BCUT2D eigenvalue weighted by Crippen LogP contribution is -2.36. The summed E-state index contributed by atoms with van der Waals surface area (Å²) in [5.41, 5.74) is 2.08. The number of hydrogen-bond acceptors (Lipinski definition) is 5. The van der Waals surface area contributed by atoms with Crippen LogP contribution in [0.15, 0.2) is 36.4 Å². The third-order valence-corrected chi connectivity index (χ3v) is 5.59. The summed E-state index contributed by atoms with van der Waals surface area (Å²) in [5, 5.41) is 0.748. The lowest BCUT2D eigenvalue weighted by atomic mass is 10.1. The molecule has 0 aromatic heterocycles. The second-order valence-corrected chi connectivity index (χ2v) is 7.78. The Balaban J connectivity index is 1.61. The first-order valence-corrected chi connectivity index (χ1v) is 10.4. The summed E-state index contributed by atoms with van der Waals surface area (Å²) in [7, 11) is 4.72. The first-order valence-electron chi connectivity index (χ1n) is 10.1. The van der Waals surface area contributed by atoms with E-state index >= 15 is 0 Å². The molecule has 1 heterocycles. The van der Waals surface area contributed by atoms with Gasteiger partial charge in [0.1, 0.15) is 0 Å². The highest BCUT2D eigenvalue weighted by Gasteiger charge is 2.21. The molecule has 162 valence electrons. The molecule has 2 aromatic carbocycles. The van der Waals surface area contributed by atoms with Crippen molar-refractivity contribution in [2.24, 2.45) is 0 Å². The number of carbonyl (C=O) groups is 1. The Morgan fingerprint density at radius 2 is 1.57 bits per heavy atom. The van der Waals surface area contributed by atoms with Gasteiger partial charge in [-0.15, -0.1) is 0 Å². The minimum atomic E-state index is 0.109. The van der Waals surface area contributed by atoms with E-state index in [0.29, 0.717) is 23.7 Å². The number of rotatable bonds is 7. The summed E-state index contributed by atoms with van der Waals surface area (Å²) in [4.78, 5) is 17.3. The fourth-order valence-corrected chi connectivity index (χ4v) is 3.88. The first kappa shape index (κ1) is 22.2. The molecule has 0 N–H and O–H groups in total. The number of carbonyl (C=O) groups excluding carboxylic acids is 1. The van der Waals surface area contributed by atoms with Crippen LogP contribution in [0.1, 0.15) is 17.5 Å². The van der Waals surface area contributed by atoms with Gasteiger partial charge in [-0.3, -0.25) is 9.69 Å². The van der Waals surface area contributed by atoms with Crippen molar-refractivity contribution in [2.75, 3.05) is 47.5 Å². The zero-order valence-corrected chi connectivity index (χ0v) is 18.6. The second kappa shape index (κ2) is 10.5. The molecule has 1 aliphatic rings. The molecule has 3 rings (SSSR count). The lowest BCUT2D eigenvalue weighted by Gasteiger charge is -2.22. The third-order valence-electron chi connectivity index (χ3n) is 5.34. The highest BCUT2D eigenvalue weighted by molar-refractivity contribution is 6.30. The molecule has 0 radical (unpaired) electrons. The second-order valence-electron chi connectivity index (χ2n) is 7.35. The number of nitrogens with zero attached hydrogens (tertiary/aromatic N) is 2. The van der Waals surface area contributed by atoms with Crippen molar-refractivity contribution in [3.05, 3.63) is 52.5 Å². The highest BCUT2D eigenvalue weighted by atomic mass is 35.5. The number of amides is 1. The Labute approximate surface area is 183 Å². The van der Waals surface area contributed by atoms with Gasteiger partial charge >= 0.3 is 0 Å². The van der Waals surface area contributed by atoms with Gasteiger partial charge in [0.25, 0.3) is 0 Å². The number of hydrogen-bond donors (Lipinski definition) is 0. The Kier molecular flexibility index (Phi) is 7.82.